The third-order valence-corrected chi connectivity index (χ3v) is 5.10. The van der Waals surface area contributed by atoms with E-state index in [-0.39, 0.29) is 0 Å². The Labute approximate surface area is 108 Å². The van der Waals surface area contributed by atoms with Gasteiger partial charge in [0.05, 0.1) is 4.88 Å². The highest BCUT2D eigenvalue weighted by atomic mass is 32.1. The highest BCUT2D eigenvalue weighted by molar-refractivity contribution is 7.71. The molecule has 88 valence electrons. The van der Waals surface area contributed by atoms with Gasteiger partial charge in [0.25, 0.3) is 0 Å². The van der Waals surface area contributed by atoms with Crippen LogP contribution in [0, 0.1) is 4.77 Å². The van der Waals surface area contributed by atoms with Crippen LogP contribution in [0.5, 0.6) is 0 Å². The Morgan fingerprint density at radius 3 is 3.06 bits per heavy atom. The van der Waals surface area contributed by atoms with Crippen molar-refractivity contribution in [2.75, 3.05) is 0 Å². The van der Waals surface area contributed by atoms with E-state index >= 15 is 0 Å². The minimum absolute atomic E-state index is 0.591. The molecular weight excluding hydrogens is 250 g/mol. The molecule has 2 aliphatic rings. The van der Waals surface area contributed by atoms with Gasteiger partial charge in [-0.25, -0.2) is 0 Å². The third kappa shape index (κ3) is 1.52. The lowest BCUT2D eigenvalue weighted by Gasteiger charge is -2.01. The summed E-state index contributed by atoms with van der Waals surface area (Å²) in [6.45, 7) is 0. The fourth-order valence-corrected chi connectivity index (χ4v) is 4.11. The summed E-state index contributed by atoms with van der Waals surface area (Å²) in [5.74, 6) is 1.05. The Balaban J connectivity index is 1.85. The second-order valence-corrected chi connectivity index (χ2v) is 6.39. The quantitative estimate of drug-likeness (QED) is 0.841. The number of hydrogen-bond donors (Lipinski definition) is 1. The van der Waals surface area contributed by atoms with E-state index in [2.05, 4.69) is 20.8 Å². The lowest BCUT2D eigenvalue weighted by atomic mass is 10.2. The molecule has 3 nitrogen and oxygen atoms in total. The van der Waals surface area contributed by atoms with Crippen LogP contribution in [-0.2, 0) is 12.8 Å². The molecule has 17 heavy (non-hydrogen) atoms. The van der Waals surface area contributed by atoms with Crippen molar-refractivity contribution in [2.45, 2.75) is 38.1 Å². The second kappa shape index (κ2) is 3.53. The van der Waals surface area contributed by atoms with Crippen LogP contribution < -0.4 is 0 Å². The average Bonchev–Trinajstić information content (AvgIpc) is 2.73. The number of H-pyrrole nitrogens is 1. The molecule has 0 amide bonds. The molecule has 0 atom stereocenters. The second-order valence-electron chi connectivity index (χ2n) is 4.87. The molecule has 1 fully saturated rings. The van der Waals surface area contributed by atoms with Gasteiger partial charge in [0, 0.05) is 10.9 Å². The zero-order valence-corrected chi connectivity index (χ0v) is 11.0. The number of aromatic nitrogens is 3. The van der Waals surface area contributed by atoms with E-state index in [4.69, 9.17) is 12.2 Å². The standard InChI is InChI=1S/C12H13N3S2/c16-12-14-13-11(15(12)8-4-5-8)10-6-7-2-1-3-9(7)17-10/h6,8H,1-5H2,(H,14,16). The number of thiophene rings is 1. The first-order valence-corrected chi connectivity index (χ1v) is 7.34. The van der Waals surface area contributed by atoms with Crippen LogP contribution in [0.3, 0.4) is 0 Å². The third-order valence-electron chi connectivity index (χ3n) is 3.58. The zero-order valence-electron chi connectivity index (χ0n) is 9.40. The molecule has 2 aromatic rings. The number of aryl methyl sites for hydroxylation is 2. The number of rotatable bonds is 2. The molecule has 0 aromatic carbocycles. The normalized spacial score (nSPS) is 18.6. The van der Waals surface area contributed by atoms with Gasteiger partial charge in [-0.05, 0) is 56.0 Å². The van der Waals surface area contributed by atoms with Crippen molar-refractivity contribution in [1.82, 2.24) is 14.8 Å². The van der Waals surface area contributed by atoms with Gasteiger partial charge in [-0.1, -0.05) is 0 Å². The van der Waals surface area contributed by atoms with Crippen molar-refractivity contribution in [2.24, 2.45) is 0 Å². The summed E-state index contributed by atoms with van der Waals surface area (Å²) >= 11 is 7.22. The summed E-state index contributed by atoms with van der Waals surface area (Å²) in [7, 11) is 0. The summed E-state index contributed by atoms with van der Waals surface area (Å²) in [6.07, 6.45) is 6.28. The van der Waals surface area contributed by atoms with Gasteiger partial charge in [0.15, 0.2) is 10.6 Å². The summed E-state index contributed by atoms with van der Waals surface area (Å²) in [6, 6.07) is 2.91. The smallest absolute Gasteiger partial charge is 0.195 e. The van der Waals surface area contributed by atoms with Crippen LogP contribution in [0.25, 0.3) is 10.7 Å². The Morgan fingerprint density at radius 2 is 2.29 bits per heavy atom. The van der Waals surface area contributed by atoms with E-state index in [9.17, 15) is 0 Å². The van der Waals surface area contributed by atoms with E-state index in [1.165, 1.54) is 42.5 Å². The average molecular weight is 263 g/mol. The maximum atomic E-state index is 5.32. The van der Waals surface area contributed by atoms with Crippen molar-refractivity contribution in [1.29, 1.82) is 0 Å². The molecule has 0 bridgehead atoms. The lowest BCUT2D eigenvalue weighted by molar-refractivity contribution is 0.736. The molecule has 2 aliphatic carbocycles. The summed E-state index contributed by atoms with van der Waals surface area (Å²) in [5.41, 5.74) is 1.53. The van der Waals surface area contributed by atoms with Gasteiger partial charge in [-0.3, -0.25) is 9.67 Å². The van der Waals surface area contributed by atoms with Gasteiger partial charge in [-0.15, -0.1) is 11.3 Å². The molecular formula is C12H13N3S2. The Hall–Kier alpha value is -0.940. The molecule has 0 unspecified atom stereocenters. The van der Waals surface area contributed by atoms with Crippen LogP contribution in [0.2, 0.25) is 0 Å². The topological polar surface area (TPSA) is 33.6 Å². The maximum absolute atomic E-state index is 5.32. The van der Waals surface area contributed by atoms with Gasteiger partial charge < -0.3 is 0 Å². The summed E-state index contributed by atoms with van der Waals surface area (Å²) < 4.78 is 2.98. The fourth-order valence-electron chi connectivity index (χ4n) is 2.59. The molecule has 0 radical (unpaired) electrons. The van der Waals surface area contributed by atoms with Crippen molar-refractivity contribution < 1.29 is 0 Å². The van der Waals surface area contributed by atoms with Gasteiger partial charge in [0.2, 0.25) is 0 Å². The Bertz CT molecular complexity index is 609. The van der Waals surface area contributed by atoms with Crippen molar-refractivity contribution in [3.05, 3.63) is 21.3 Å². The first kappa shape index (κ1) is 10.0. The molecule has 0 aliphatic heterocycles. The van der Waals surface area contributed by atoms with Gasteiger partial charge >= 0.3 is 0 Å². The molecule has 0 spiro atoms. The number of fused-ring (bicyclic) bond motifs is 1. The van der Waals surface area contributed by atoms with Crippen LogP contribution >= 0.6 is 23.6 Å². The fraction of sp³-hybridized carbons (Fsp3) is 0.500. The number of nitrogens with zero attached hydrogens (tertiary/aromatic N) is 2. The molecule has 4 rings (SSSR count). The Morgan fingerprint density at radius 1 is 1.41 bits per heavy atom. The monoisotopic (exact) mass is 263 g/mol. The molecule has 1 N–H and O–H groups in total. The number of hydrogen-bond acceptors (Lipinski definition) is 3. The predicted octanol–water partition coefficient (Wildman–Crippen LogP) is 3.49. The van der Waals surface area contributed by atoms with E-state index in [0.29, 0.717) is 6.04 Å². The highest BCUT2D eigenvalue weighted by Crippen LogP contribution is 2.41. The molecule has 1 saturated carbocycles. The summed E-state index contributed by atoms with van der Waals surface area (Å²) in [5, 5.41) is 7.36. The minimum atomic E-state index is 0.591. The zero-order chi connectivity index (χ0) is 11.4. The van der Waals surface area contributed by atoms with E-state index < -0.39 is 0 Å². The first-order chi connectivity index (χ1) is 8.33. The lowest BCUT2D eigenvalue weighted by Crippen LogP contribution is -1.96. The molecule has 0 saturated heterocycles. The van der Waals surface area contributed by atoms with Crippen molar-refractivity contribution in [3.63, 3.8) is 0 Å². The minimum Gasteiger partial charge on any atom is -0.296 e. The first-order valence-electron chi connectivity index (χ1n) is 6.12. The SMILES string of the molecule is S=c1[nH]nc(-c2cc3c(s2)CCC3)n1C1CC1. The predicted molar refractivity (Wildman–Crippen MR) is 71.0 cm³/mol. The van der Waals surface area contributed by atoms with Crippen LogP contribution in [0.1, 0.15) is 35.7 Å². The van der Waals surface area contributed by atoms with Crippen LogP contribution in [-0.4, -0.2) is 14.8 Å². The molecule has 2 aromatic heterocycles. The molecule has 2 heterocycles. The number of aromatic amines is 1. The van der Waals surface area contributed by atoms with E-state index in [0.717, 1.165) is 10.6 Å². The van der Waals surface area contributed by atoms with Gasteiger partial charge in [-0.2, -0.15) is 5.10 Å². The Kier molecular flexibility index (Phi) is 2.08. The maximum Gasteiger partial charge on any atom is 0.195 e. The van der Waals surface area contributed by atoms with Crippen LogP contribution in [0.15, 0.2) is 6.07 Å². The highest BCUT2D eigenvalue weighted by Gasteiger charge is 2.28. The van der Waals surface area contributed by atoms with Crippen molar-refractivity contribution >= 4 is 23.6 Å². The molecule has 5 heteroatoms. The van der Waals surface area contributed by atoms with Crippen molar-refractivity contribution in [3.8, 4) is 10.7 Å². The number of nitrogens with one attached hydrogen (secondary N) is 1. The largest absolute Gasteiger partial charge is 0.296 e. The summed E-state index contributed by atoms with van der Waals surface area (Å²) in [4.78, 5) is 2.84. The van der Waals surface area contributed by atoms with Gasteiger partial charge in [0.1, 0.15) is 0 Å². The van der Waals surface area contributed by atoms with E-state index in [1.807, 2.05) is 11.3 Å². The van der Waals surface area contributed by atoms with Crippen LogP contribution in [0.4, 0.5) is 0 Å². The van der Waals surface area contributed by atoms with E-state index in [1.54, 1.807) is 4.88 Å².